The molecule has 2 heterocycles. The summed E-state index contributed by atoms with van der Waals surface area (Å²) >= 11 is 0. The first-order valence-electron chi connectivity index (χ1n) is 12.9. The predicted octanol–water partition coefficient (Wildman–Crippen LogP) is 5.98. The third-order valence-electron chi connectivity index (χ3n) is 6.95. The van der Waals surface area contributed by atoms with E-state index in [0.717, 1.165) is 40.1 Å². The van der Waals surface area contributed by atoms with Gasteiger partial charge in [-0.1, -0.05) is 55.0 Å². The standard InChI is InChI=1S/C31H33N3O4/c1-5-18-38-24-13-11-23(12-14-24)30-27-28(22-9-6-20(2)7-10-22)32-33-29(27)31(35)34(30)17-16-21-8-15-25(36-3)26(19-21)37-4/h6-15,19,30H,5,16-18H2,1-4H3,(H,32,33). The summed E-state index contributed by atoms with van der Waals surface area (Å²) in [4.78, 5) is 15.6. The van der Waals surface area contributed by atoms with Gasteiger partial charge in [0.25, 0.3) is 5.91 Å². The van der Waals surface area contributed by atoms with Crippen LogP contribution < -0.4 is 14.2 Å². The van der Waals surface area contributed by atoms with Gasteiger partial charge in [0.15, 0.2) is 11.5 Å². The second-order valence-corrected chi connectivity index (χ2v) is 9.48. The van der Waals surface area contributed by atoms with Gasteiger partial charge in [-0.15, -0.1) is 0 Å². The van der Waals surface area contributed by atoms with Crippen LogP contribution in [0.2, 0.25) is 0 Å². The number of carbonyl (C=O) groups excluding carboxylic acids is 1. The highest BCUT2D eigenvalue weighted by Gasteiger charge is 2.42. The van der Waals surface area contributed by atoms with Crippen LogP contribution in [0.25, 0.3) is 11.3 Å². The fraction of sp³-hybridized carbons (Fsp3) is 0.290. The molecule has 0 bridgehead atoms. The molecule has 1 atom stereocenters. The minimum absolute atomic E-state index is 0.0531. The number of aromatic nitrogens is 2. The Bertz CT molecular complexity index is 1410. The van der Waals surface area contributed by atoms with E-state index in [-0.39, 0.29) is 11.9 Å². The van der Waals surface area contributed by atoms with E-state index in [1.165, 1.54) is 5.56 Å². The maximum Gasteiger partial charge on any atom is 0.273 e. The lowest BCUT2D eigenvalue weighted by molar-refractivity contribution is 0.0746. The molecule has 5 rings (SSSR count). The van der Waals surface area contributed by atoms with Crippen LogP contribution in [0.5, 0.6) is 17.2 Å². The molecule has 38 heavy (non-hydrogen) atoms. The number of nitrogens with one attached hydrogen (secondary N) is 1. The van der Waals surface area contributed by atoms with Gasteiger partial charge in [-0.3, -0.25) is 9.89 Å². The first-order valence-corrected chi connectivity index (χ1v) is 12.9. The fourth-order valence-corrected chi connectivity index (χ4v) is 4.96. The van der Waals surface area contributed by atoms with Crippen LogP contribution in [0.4, 0.5) is 0 Å². The zero-order valence-corrected chi connectivity index (χ0v) is 22.3. The number of methoxy groups -OCH3 is 2. The Morgan fingerprint density at radius 3 is 2.37 bits per heavy atom. The van der Waals surface area contributed by atoms with Crippen molar-refractivity contribution < 1.29 is 19.0 Å². The van der Waals surface area contributed by atoms with Crippen molar-refractivity contribution in [3.63, 3.8) is 0 Å². The number of nitrogens with zero attached hydrogens (tertiary/aromatic N) is 2. The van der Waals surface area contributed by atoms with E-state index in [1.54, 1.807) is 14.2 Å². The van der Waals surface area contributed by atoms with Crippen LogP contribution in [-0.2, 0) is 6.42 Å². The third kappa shape index (κ3) is 4.84. The molecule has 0 saturated carbocycles. The molecule has 1 aliphatic rings. The Balaban J connectivity index is 1.50. The Labute approximate surface area is 223 Å². The number of benzene rings is 3. The van der Waals surface area contributed by atoms with Crippen LogP contribution in [0.1, 0.15) is 52.1 Å². The van der Waals surface area contributed by atoms with E-state index < -0.39 is 0 Å². The average molecular weight is 512 g/mol. The third-order valence-corrected chi connectivity index (χ3v) is 6.95. The maximum atomic E-state index is 13.7. The van der Waals surface area contributed by atoms with Gasteiger partial charge in [0.05, 0.1) is 32.6 Å². The van der Waals surface area contributed by atoms with Crippen molar-refractivity contribution in [3.8, 4) is 28.5 Å². The molecule has 196 valence electrons. The lowest BCUT2D eigenvalue weighted by Gasteiger charge is -2.27. The van der Waals surface area contributed by atoms with Crippen LogP contribution in [0, 0.1) is 6.92 Å². The van der Waals surface area contributed by atoms with Crippen molar-refractivity contribution in [3.05, 3.63) is 94.7 Å². The highest BCUT2D eigenvalue weighted by atomic mass is 16.5. The maximum absolute atomic E-state index is 13.7. The summed E-state index contributed by atoms with van der Waals surface area (Å²) in [7, 11) is 3.25. The van der Waals surface area contributed by atoms with Gasteiger partial charge in [0.2, 0.25) is 0 Å². The molecule has 1 N–H and O–H groups in total. The van der Waals surface area contributed by atoms with Gasteiger partial charge < -0.3 is 19.1 Å². The summed E-state index contributed by atoms with van der Waals surface area (Å²) in [6.07, 6.45) is 1.61. The van der Waals surface area contributed by atoms with E-state index in [0.29, 0.717) is 36.8 Å². The highest BCUT2D eigenvalue weighted by Crippen LogP contribution is 2.43. The number of hydrogen-bond acceptors (Lipinski definition) is 5. The van der Waals surface area contributed by atoms with E-state index in [1.807, 2.05) is 47.4 Å². The van der Waals surface area contributed by atoms with Crippen LogP contribution in [0.15, 0.2) is 66.7 Å². The number of carbonyl (C=O) groups is 1. The summed E-state index contributed by atoms with van der Waals surface area (Å²) in [5, 5.41) is 7.64. The van der Waals surface area contributed by atoms with Gasteiger partial charge in [0, 0.05) is 17.7 Å². The molecule has 1 aliphatic heterocycles. The molecule has 0 radical (unpaired) electrons. The summed E-state index contributed by atoms with van der Waals surface area (Å²) in [5.41, 5.74) is 6.49. The van der Waals surface area contributed by atoms with Crippen LogP contribution >= 0.6 is 0 Å². The number of amides is 1. The van der Waals surface area contributed by atoms with Crippen molar-refractivity contribution in [2.75, 3.05) is 27.4 Å². The monoisotopic (exact) mass is 511 g/mol. The number of H-pyrrole nitrogens is 1. The van der Waals surface area contributed by atoms with Crippen molar-refractivity contribution in [1.29, 1.82) is 0 Å². The van der Waals surface area contributed by atoms with Crippen molar-refractivity contribution in [2.45, 2.75) is 32.7 Å². The lowest BCUT2D eigenvalue weighted by Crippen LogP contribution is -2.31. The van der Waals surface area contributed by atoms with Gasteiger partial charge in [0.1, 0.15) is 11.4 Å². The number of aryl methyl sites for hydroxylation is 1. The number of aromatic amines is 1. The number of hydrogen-bond donors (Lipinski definition) is 1. The molecule has 7 nitrogen and oxygen atoms in total. The summed E-state index contributed by atoms with van der Waals surface area (Å²) in [6.45, 7) is 5.34. The zero-order valence-electron chi connectivity index (χ0n) is 22.3. The quantitative estimate of drug-likeness (QED) is 0.284. The molecule has 1 amide bonds. The molecular formula is C31H33N3O4. The largest absolute Gasteiger partial charge is 0.494 e. The van der Waals surface area contributed by atoms with Crippen LogP contribution in [0.3, 0.4) is 0 Å². The highest BCUT2D eigenvalue weighted by molar-refractivity contribution is 6.00. The minimum Gasteiger partial charge on any atom is -0.494 e. The van der Waals surface area contributed by atoms with Crippen molar-refractivity contribution in [1.82, 2.24) is 15.1 Å². The van der Waals surface area contributed by atoms with Gasteiger partial charge in [-0.25, -0.2) is 0 Å². The number of rotatable bonds is 10. The van der Waals surface area contributed by atoms with Gasteiger partial charge >= 0.3 is 0 Å². The first-order chi connectivity index (χ1) is 18.5. The SMILES string of the molecule is CCCOc1ccc(C2c3c(-c4ccc(C)cc4)n[nH]c3C(=O)N2CCc2ccc(OC)c(OC)c2)cc1. The Kier molecular flexibility index (Phi) is 7.36. The topological polar surface area (TPSA) is 76.7 Å². The molecule has 0 saturated heterocycles. The van der Waals surface area contributed by atoms with Gasteiger partial charge in [-0.05, 0) is 55.2 Å². The molecule has 1 unspecified atom stereocenters. The lowest BCUT2D eigenvalue weighted by atomic mass is 9.95. The Hall–Kier alpha value is -4.26. The van der Waals surface area contributed by atoms with E-state index >= 15 is 0 Å². The van der Waals surface area contributed by atoms with E-state index in [4.69, 9.17) is 14.2 Å². The molecular weight excluding hydrogens is 478 g/mol. The summed E-state index contributed by atoms with van der Waals surface area (Å²) < 4.78 is 16.7. The molecule has 7 heteroatoms. The fourth-order valence-electron chi connectivity index (χ4n) is 4.96. The molecule has 0 fully saturated rings. The molecule has 3 aromatic carbocycles. The van der Waals surface area contributed by atoms with Crippen molar-refractivity contribution in [2.24, 2.45) is 0 Å². The van der Waals surface area contributed by atoms with E-state index in [2.05, 4.69) is 48.3 Å². The Morgan fingerprint density at radius 1 is 0.947 bits per heavy atom. The molecule has 0 spiro atoms. The second-order valence-electron chi connectivity index (χ2n) is 9.48. The molecule has 0 aliphatic carbocycles. The first kappa shape index (κ1) is 25.4. The second kappa shape index (κ2) is 11.0. The van der Waals surface area contributed by atoms with Gasteiger partial charge in [-0.2, -0.15) is 5.10 Å². The summed E-state index contributed by atoms with van der Waals surface area (Å²) in [6, 6.07) is 21.9. The Morgan fingerprint density at radius 2 is 1.68 bits per heavy atom. The number of ether oxygens (including phenoxy) is 3. The number of fused-ring (bicyclic) bond motifs is 1. The van der Waals surface area contributed by atoms with Crippen LogP contribution in [-0.4, -0.2) is 48.4 Å². The zero-order chi connectivity index (χ0) is 26.6. The van der Waals surface area contributed by atoms with E-state index in [9.17, 15) is 4.79 Å². The minimum atomic E-state index is -0.270. The smallest absolute Gasteiger partial charge is 0.273 e. The average Bonchev–Trinajstić information content (AvgIpc) is 3.50. The summed E-state index contributed by atoms with van der Waals surface area (Å²) in [5.74, 6) is 2.12. The molecule has 1 aromatic heterocycles. The predicted molar refractivity (Wildman–Crippen MR) is 147 cm³/mol. The molecule has 4 aromatic rings. The van der Waals surface area contributed by atoms with Crippen molar-refractivity contribution >= 4 is 5.91 Å². The normalized spacial score (nSPS) is 14.5.